The van der Waals surface area contributed by atoms with Crippen LogP contribution in [0.15, 0.2) is 112 Å². The monoisotopic (exact) mass is 693 g/mol. The number of carbonyl (C=O) groups excluding carboxylic acids is 2. The van der Waals surface area contributed by atoms with E-state index < -0.39 is 34.3 Å². The highest BCUT2D eigenvalue weighted by Crippen LogP contribution is 2.27. The number of rotatable bonds is 13. The molecular weight excluding hydrogens is 657 g/mol. The molecule has 2 unspecified atom stereocenters. The number of sulfonamides is 1. The lowest BCUT2D eigenvalue weighted by Crippen LogP contribution is -2.54. The van der Waals surface area contributed by atoms with Gasteiger partial charge in [-0.2, -0.15) is 0 Å². The van der Waals surface area contributed by atoms with Gasteiger partial charge in [-0.3, -0.25) is 13.9 Å². The molecule has 0 fully saturated rings. The molecule has 0 radical (unpaired) electrons. The van der Waals surface area contributed by atoms with Crippen LogP contribution >= 0.6 is 15.9 Å². The van der Waals surface area contributed by atoms with E-state index in [-0.39, 0.29) is 35.5 Å². The normalized spacial score (nSPS) is 12.6. The van der Waals surface area contributed by atoms with Gasteiger partial charge < -0.3 is 10.2 Å². The summed E-state index contributed by atoms with van der Waals surface area (Å²) in [4.78, 5) is 29.7. The first-order chi connectivity index (χ1) is 21.5. The Morgan fingerprint density at radius 1 is 0.889 bits per heavy atom. The van der Waals surface area contributed by atoms with E-state index >= 15 is 0 Å². The number of halogens is 2. The molecule has 2 atom stereocenters. The van der Waals surface area contributed by atoms with Crippen molar-refractivity contribution in [3.63, 3.8) is 0 Å². The van der Waals surface area contributed by atoms with E-state index in [2.05, 4.69) is 21.2 Å². The highest BCUT2D eigenvalue weighted by Gasteiger charge is 2.35. The van der Waals surface area contributed by atoms with Gasteiger partial charge in [0, 0.05) is 23.5 Å². The molecule has 0 saturated heterocycles. The largest absolute Gasteiger partial charge is 0.352 e. The summed E-state index contributed by atoms with van der Waals surface area (Å²) in [7, 11) is -4.21. The van der Waals surface area contributed by atoms with Crippen LogP contribution in [0, 0.1) is 12.7 Å². The summed E-state index contributed by atoms with van der Waals surface area (Å²) in [5, 5.41) is 3.00. The van der Waals surface area contributed by atoms with E-state index in [0.717, 1.165) is 15.4 Å². The third kappa shape index (κ3) is 9.02. The van der Waals surface area contributed by atoms with Crippen molar-refractivity contribution in [1.29, 1.82) is 0 Å². The molecule has 0 spiro atoms. The molecule has 10 heteroatoms. The third-order valence-electron chi connectivity index (χ3n) is 7.52. The summed E-state index contributed by atoms with van der Waals surface area (Å²) < 4.78 is 43.7. The molecule has 0 aliphatic rings. The van der Waals surface area contributed by atoms with Crippen LogP contribution < -0.4 is 9.62 Å². The van der Waals surface area contributed by atoms with Gasteiger partial charge in [0.05, 0.1) is 10.6 Å². The average molecular weight is 695 g/mol. The van der Waals surface area contributed by atoms with Gasteiger partial charge in [0.15, 0.2) is 0 Å². The minimum absolute atomic E-state index is 0.0290. The molecule has 1 N–H and O–H groups in total. The quantitative estimate of drug-likeness (QED) is 0.170. The van der Waals surface area contributed by atoms with Crippen LogP contribution in [-0.2, 0) is 32.6 Å². The number of nitrogens with one attached hydrogen (secondary N) is 1. The molecular formula is C35H37BrFN3O4S. The standard InChI is InChI=1S/C35H37BrFN3O4S/c1-4-26(3)38-35(42)33(21-27-9-6-5-7-10-27)39(23-28-15-17-30(37)18-16-28)34(41)24-40(31-12-8-11-29(36)22-31)45(43,44)32-19-13-25(2)14-20-32/h5-20,22,26,33H,4,21,23-24H2,1-3H3,(H,38,42). The van der Waals surface area contributed by atoms with Crippen LogP contribution in [-0.4, -0.2) is 43.8 Å². The summed E-state index contributed by atoms with van der Waals surface area (Å²) in [6.45, 7) is 5.07. The number of nitrogens with zero attached hydrogens (tertiary/aromatic N) is 2. The Balaban J connectivity index is 1.80. The van der Waals surface area contributed by atoms with Crippen molar-refractivity contribution in [2.75, 3.05) is 10.8 Å². The molecule has 236 valence electrons. The Morgan fingerprint density at radius 2 is 1.56 bits per heavy atom. The third-order valence-corrected chi connectivity index (χ3v) is 9.80. The van der Waals surface area contributed by atoms with Crippen LogP contribution in [0.2, 0.25) is 0 Å². The van der Waals surface area contributed by atoms with Crippen LogP contribution in [0.4, 0.5) is 10.1 Å². The first-order valence-corrected chi connectivity index (χ1v) is 16.9. The fraction of sp³-hybridized carbons (Fsp3) is 0.257. The smallest absolute Gasteiger partial charge is 0.264 e. The van der Waals surface area contributed by atoms with Gasteiger partial charge in [-0.25, -0.2) is 12.8 Å². The lowest BCUT2D eigenvalue weighted by molar-refractivity contribution is -0.140. The first kappa shape index (κ1) is 33.9. The van der Waals surface area contributed by atoms with Crippen molar-refractivity contribution in [2.24, 2.45) is 0 Å². The lowest BCUT2D eigenvalue weighted by atomic mass is 10.0. The van der Waals surface area contributed by atoms with Gasteiger partial charge in [0.25, 0.3) is 10.0 Å². The van der Waals surface area contributed by atoms with Crippen molar-refractivity contribution in [3.8, 4) is 0 Å². The summed E-state index contributed by atoms with van der Waals surface area (Å²) >= 11 is 3.42. The number of benzene rings is 4. The summed E-state index contributed by atoms with van der Waals surface area (Å²) in [5.41, 5.74) is 2.59. The number of hydrogen-bond acceptors (Lipinski definition) is 4. The Morgan fingerprint density at radius 3 is 2.18 bits per heavy atom. The van der Waals surface area contributed by atoms with E-state index in [0.29, 0.717) is 16.5 Å². The SMILES string of the molecule is CCC(C)NC(=O)C(Cc1ccccc1)N(Cc1ccc(F)cc1)C(=O)CN(c1cccc(Br)c1)S(=O)(=O)c1ccc(C)cc1. The Kier molecular flexibility index (Phi) is 11.5. The topological polar surface area (TPSA) is 86.8 Å². The molecule has 4 rings (SSSR count). The number of amides is 2. The zero-order valence-corrected chi connectivity index (χ0v) is 27.9. The maximum Gasteiger partial charge on any atom is 0.264 e. The Bertz CT molecular complexity index is 1700. The first-order valence-electron chi connectivity index (χ1n) is 14.7. The van der Waals surface area contributed by atoms with E-state index in [1.807, 2.05) is 51.1 Å². The van der Waals surface area contributed by atoms with Crippen molar-refractivity contribution in [3.05, 3.63) is 130 Å². The number of carbonyl (C=O) groups is 2. The average Bonchev–Trinajstić information content (AvgIpc) is 3.02. The molecule has 0 aromatic heterocycles. The molecule has 0 saturated carbocycles. The number of hydrogen-bond donors (Lipinski definition) is 1. The molecule has 0 bridgehead atoms. The number of anilines is 1. The molecule has 0 heterocycles. The van der Waals surface area contributed by atoms with Crippen molar-refractivity contribution >= 4 is 43.5 Å². The second kappa shape index (κ2) is 15.3. The van der Waals surface area contributed by atoms with Gasteiger partial charge in [-0.05, 0) is 73.9 Å². The molecule has 0 aliphatic heterocycles. The maximum absolute atomic E-state index is 14.5. The van der Waals surface area contributed by atoms with Crippen LogP contribution in [0.3, 0.4) is 0 Å². The summed E-state index contributed by atoms with van der Waals surface area (Å²) in [6.07, 6.45) is 0.874. The second-order valence-corrected chi connectivity index (χ2v) is 13.8. The van der Waals surface area contributed by atoms with Gasteiger partial charge in [0.2, 0.25) is 11.8 Å². The van der Waals surface area contributed by atoms with E-state index in [9.17, 15) is 22.4 Å². The summed E-state index contributed by atoms with van der Waals surface area (Å²) in [5.74, 6) is -1.38. The molecule has 4 aromatic rings. The van der Waals surface area contributed by atoms with E-state index in [1.165, 1.54) is 29.2 Å². The lowest BCUT2D eigenvalue weighted by Gasteiger charge is -2.34. The molecule has 4 aromatic carbocycles. The highest BCUT2D eigenvalue weighted by atomic mass is 79.9. The zero-order chi connectivity index (χ0) is 32.6. The Hall–Kier alpha value is -4.02. The minimum atomic E-state index is -4.21. The van der Waals surface area contributed by atoms with Crippen LogP contribution in [0.1, 0.15) is 37.0 Å². The zero-order valence-electron chi connectivity index (χ0n) is 25.5. The minimum Gasteiger partial charge on any atom is -0.352 e. The predicted octanol–water partition coefficient (Wildman–Crippen LogP) is 6.65. The van der Waals surface area contributed by atoms with Crippen molar-refractivity contribution in [1.82, 2.24) is 10.2 Å². The fourth-order valence-corrected chi connectivity index (χ4v) is 6.57. The van der Waals surface area contributed by atoms with E-state index in [1.54, 1.807) is 48.5 Å². The van der Waals surface area contributed by atoms with Crippen molar-refractivity contribution in [2.45, 2.75) is 57.1 Å². The van der Waals surface area contributed by atoms with Gasteiger partial charge in [-0.15, -0.1) is 0 Å². The second-order valence-electron chi connectivity index (χ2n) is 11.0. The highest BCUT2D eigenvalue weighted by molar-refractivity contribution is 9.10. The molecule has 2 amide bonds. The predicted molar refractivity (Wildman–Crippen MR) is 179 cm³/mol. The maximum atomic E-state index is 14.5. The van der Waals surface area contributed by atoms with Gasteiger partial charge in [-0.1, -0.05) is 89.1 Å². The van der Waals surface area contributed by atoms with Crippen molar-refractivity contribution < 1.29 is 22.4 Å². The number of aryl methyl sites for hydroxylation is 1. The fourth-order valence-electron chi connectivity index (χ4n) is 4.78. The Labute approximate surface area is 273 Å². The van der Waals surface area contributed by atoms with E-state index in [4.69, 9.17) is 0 Å². The molecule has 45 heavy (non-hydrogen) atoms. The summed E-state index contributed by atoms with van der Waals surface area (Å²) in [6, 6.07) is 27.0. The van der Waals surface area contributed by atoms with Gasteiger partial charge in [0.1, 0.15) is 18.4 Å². The van der Waals surface area contributed by atoms with Crippen LogP contribution in [0.5, 0.6) is 0 Å². The van der Waals surface area contributed by atoms with Crippen LogP contribution in [0.25, 0.3) is 0 Å². The van der Waals surface area contributed by atoms with Gasteiger partial charge >= 0.3 is 0 Å². The molecule has 7 nitrogen and oxygen atoms in total. The molecule has 0 aliphatic carbocycles.